The second-order valence-corrected chi connectivity index (χ2v) is 4.98. The van der Waals surface area contributed by atoms with E-state index in [4.69, 9.17) is 4.74 Å². The van der Waals surface area contributed by atoms with E-state index in [9.17, 15) is 14.4 Å². The molecular formula is C11H13NO5S. The summed E-state index contributed by atoms with van der Waals surface area (Å²) in [4.78, 5) is 35.4. The monoisotopic (exact) mass is 271 g/mol. The van der Waals surface area contributed by atoms with Crippen LogP contribution in [0.1, 0.15) is 19.8 Å². The van der Waals surface area contributed by atoms with E-state index in [0.29, 0.717) is 12.2 Å². The van der Waals surface area contributed by atoms with Crippen LogP contribution in [0.5, 0.6) is 0 Å². The largest absolute Gasteiger partial charge is 0.428 e. The molecule has 0 saturated carbocycles. The van der Waals surface area contributed by atoms with Crippen LogP contribution in [0.4, 0.5) is 0 Å². The van der Waals surface area contributed by atoms with Gasteiger partial charge < -0.3 is 9.47 Å². The average molecular weight is 271 g/mol. The molecule has 0 spiro atoms. The third-order valence-corrected chi connectivity index (χ3v) is 3.76. The Labute approximate surface area is 108 Å². The minimum atomic E-state index is -0.628. The number of carbonyl (C=O) groups excluding carboxylic acids is 3. The number of fused-ring (bicyclic) bond motifs is 1. The molecule has 0 aliphatic carbocycles. The van der Waals surface area contributed by atoms with E-state index >= 15 is 0 Å². The van der Waals surface area contributed by atoms with E-state index in [0.717, 1.165) is 0 Å². The first-order valence-corrected chi connectivity index (χ1v) is 6.65. The number of ether oxygens (including phenoxy) is 2. The molecule has 1 amide bonds. The third kappa shape index (κ3) is 2.50. The summed E-state index contributed by atoms with van der Waals surface area (Å²) in [7, 11) is 0. The summed E-state index contributed by atoms with van der Waals surface area (Å²) in [6.07, 6.45) is 2.34. The SMILES string of the molecule is CCC(=O)OCOC(=O)C1=CCS[C@@H]2CC(=O)N12. The molecule has 98 valence electrons. The van der Waals surface area contributed by atoms with Crippen LogP contribution in [0.15, 0.2) is 11.8 Å². The van der Waals surface area contributed by atoms with Crippen molar-refractivity contribution in [3.63, 3.8) is 0 Å². The molecule has 0 aromatic carbocycles. The number of carbonyl (C=O) groups is 3. The molecule has 0 radical (unpaired) electrons. The molecule has 0 unspecified atom stereocenters. The molecule has 1 fully saturated rings. The summed E-state index contributed by atoms with van der Waals surface area (Å²) in [5, 5.41) is 0.0447. The summed E-state index contributed by atoms with van der Waals surface area (Å²) in [5.74, 6) is -0.472. The van der Waals surface area contributed by atoms with E-state index in [1.54, 1.807) is 24.8 Å². The van der Waals surface area contributed by atoms with Crippen LogP contribution in [0.3, 0.4) is 0 Å². The van der Waals surface area contributed by atoms with Gasteiger partial charge in [0, 0.05) is 12.2 Å². The highest BCUT2D eigenvalue weighted by Crippen LogP contribution is 2.37. The van der Waals surface area contributed by atoms with Crippen molar-refractivity contribution >= 4 is 29.6 Å². The van der Waals surface area contributed by atoms with Crippen molar-refractivity contribution in [2.45, 2.75) is 25.1 Å². The number of amides is 1. The Bertz CT molecular complexity index is 420. The lowest BCUT2D eigenvalue weighted by Gasteiger charge is -2.42. The molecule has 2 aliphatic rings. The molecule has 0 N–H and O–H groups in total. The van der Waals surface area contributed by atoms with Gasteiger partial charge in [0.25, 0.3) is 0 Å². The maximum atomic E-state index is 11.7. The molecule has 1 saturated heterocycles. The third-order valence-electron chi connectivity index (χ3n) is 2.64. The second kappa shape index (κ2) is 5.43. The van der Waals surface area contributed by atoms with Crippen molar-refractivity contribution in [2.75, 3.05) is 12.5 Å². The van der Waals surface area contributed by atoms with Crippen LogP contribution in [0, 0.1) is 0 Å². The van der Waals surface area contributed by atoms with Gasteiger partial charge in [0.05, 0.1) is 11.8 Å². The molecule has 18 heavy (non-hydrogen) atoms. The molecule has 2 aliphatic heterocycles. The van der Waals surface area contributed by atoms with Crippen molar-refractivity contribution in [3.8, 4) is 0 Å². The molecule has 7 heteroatoms. The number of hydrogen-bond acceptors (Lipinski definition) is 6. The van der Waals surface area contributed by atoms with Crippen molar-refractivity contribution in [1.29, 1.82) is 0 Å². The lowest BCUT2D eigenvalue weighted by Crippen LogP contribution is -2.53. The Balaban J connectivity index is 1.87. The fourth-order valence-corrected chi connectivity index (χ4v) is 2.77. The van der Waals surface area contributed by atoms with Crippen LogP contribution >= 0.6 is 11.8 Å². The highest BCUT2D eigenvalue weighted by molar-refractivity contribution is 8.00. The summed E-state index contributed by atoms with van der Waals surface area (Å²) in [6, 6.07) is 0. The standard InChI is InChI=1S/C11H13NO5S/c1-2-10(14)16-6-17-11(15)7-3-4-18-9-5-8(13)12(7)9/h3,9H,2,4-6H2,1H3/t9-/m1/s1. The maximum Gasteiger partial charge on any atom is 0.357 e. The second-order valence-electron chi connectivity index (χ2n) is 3.76. The molecule has 2 rings (SSSR count). The lowest BCUT2D eigenvalue weighted by atomic mass is 10.1. The Hall–Kier alpha value is -1.50. The normalized spacial score (nSPS) is 21.6. The zero-order valence-corrected chi connectivity index (χ0v) is 10.7. The van der Waals surface area contributed by atoms with Gasteiger partial charge in [0.2, 0.25) is 12.7 Å². The number of thioether (sulfide) groups is 1. The Morgan fingerprint density at radius 2 is 2.28 bits per heavy atom. The first-order valence-electron chi connectivity index (χ1n) is 5.60. The van der Waals surface area contributed by atoms with Crippen LogP contribution in [-0.4, -0.2) is 40.7 Å². The molecular weight excluding hydrogens is 258 g/mol. The minimum Gasteiger partial charge on any atom is -0.428 e. The van der Waals surface area contributed by atoms with Gasteiger partial charge in [0.1, 0.15) is 5.70 Å². The van der Waals surface area contributed by atoms with Crippen molar-refractivity contribution in [2.24, 2.45) is 0 Å². The number of nitrogens with zero attached hydrogens (tertiary/aromatic N) is 1. The summed E-state index contributed by atoms with van der Waals surface area (Å²) in [5.41, 5.74) is 0.252. The van der Waals surface area contributed by atoms with Gasteiger partial charge in [-0.1, -0.05) is 6.92 Å². The topological polar surface area (TPSA) is 72.9 Å². The fourth-order valence-electron chi connectivity index (χ4n) is 1.65. The summed E-state index contributed by atoms with van der Waals surface area (Å²) >= 11 is 1.61. The van der Waals surface area contributed by atoms with Crippen LogP contribution in [0.2, 0.25) is 0 Å². The van der Waals surface area contributed by atoms with E-state index in [-0.39, 0.29) is 23.4 Å². The first-order chi connectivity index (χ1) is 8.63. The fraction of sp³-hybridized carbons (Fsp3) is 0.545. The van der Waals surface area contributed by atoms with Crippen molar-refractivity contribution in [1.82, 2.24) is 4.90 Å². The Kier molecular flexibility index (Phi) is 3.90. The molecule has 1 atom stereocenters. The summed E-state index contributed by atoms with van der Waals surface area (Å²) in [6.45, 7) is 1.23. The van der Waals surface area contributed by atoms with Gasteiger partial charge in [-0.15, -0.1) is 11.8 Å². The predicted molar refractivity (Wildman–Crippen MR) is 63.1 cm³/mol. The van der Waals surface area contributed by atoms with Gasteiger partial charge in [-0.25, -0.2) is 4.79 Å². The summed E-state index contributed by atoms with van der Waals surface area (Å²) < 4.78 is 9.44. The van der Waals surface area contributed by atoms with E-state index in [1.165, 1.54) is 4.90 Å². The number of β-lactam (4-membered cyclic amide) rings is 1. The Morgan fingerprint density at radius 1 is 1.50 bits per heavy atom. The highest BCUT2D eigenvalue weighted by atomic mass is 32.2. The molecule has 6 nitrogen and oxygen atoms in total. The van der Waals surface area contributed by atoms with Crippen LogP contribution in [-0.2, 0) is 23.9 Å². The predicted octanol–water partition coefficient (Wildman–Crippen LogP) is 0.629. The van der Waals surface area contributed by atoms with Crippen molar-refractivity contribution in [3.05, 3.63) is 11.8 Å². The number of hydrogen-bond donors (Lipinski definition) is 0. The van der Waals surface area contributed by atoms with Crippen molar-refractivity contribution < 1.29 is 23.9 Å². The smallest absolute Gasteiger partial charge is 0.357 e. The lowest BCUT2D eigenvalue weighted by molar-refractivity contribution is -0.167. The van der Waals surface area contributed by atoms with Gasteiger partial charge in [-0.2, -0.15) is 0 Å². The maximum absolute atomic E-state index is 11.7. The van der Waals surface area contributed by atoms with Crippen LogP contribution in [0.25, 0.3) is 0 Å². The highest BCUT2D eigenvalue weighted by Gasteiger charge is 2.43. The quantitative estimate of drug-likeness (QED) is 0.424. The zero-order chi connectivity index (χ0) is 13.1. The van der Waals surface area contributed by atoms with E-state index in [1.807, 2.05) is 0 Å². The average Bonchev–Trinajstić information content (AvgIpc) is 2.36. The van der Waals surface area contributed by atoms with Gasteiger partial charge in [-0.3, -0.25) is 14.5 Å². The van der Waals surface area contributed by atoms with Gasteiger partial charge in [0.15, 0.2) is 0 Å². The molecule has 0 aromatic rings. The minimum absolute atomic E-state index is 0.0447. The molecule has 0 bridgehead atoms. The Morgan fingerprint density at radius 3 is 2.94 bits per heavy atom. The molecule has 0 aromatic heterocycles. The van der Waals surface area contributed by atoms with E-state index < -0.39 is 18.7 Å². The first kappa shape index (κ1) is 12.9. The van der Waals surface area contributed by atoms with Gasteiger partial charge in [-0.05, 0) is 6.08 Å². The number of esters is 2. The van der Waals surface area contributed by atoms with Gasteiger partial charge >= 0.3 is 11.9 Å². The zero-order valence-electron chi connectivity index (χ0n) is 9.88. The number of rotatable bonds is 4. The van der Waals surface area contributed by atoms with E-state index in [2.05, 4.69) is 4.74 Å². The van der Waals surface area contributed by atoms with Crippen LogP contribution < -0.4 is 0 Å². The molecule has 2 heterocycles.